The van der Waals surface area contributed by atoms with Crippen LogP contribution in [0, 0.1) is 0 Å². The van der Waals surface area contributed by atoms with Crippen molar-refractivity contribution in [2.45, 2.75) is 64.0 Å². The quantitative estimate of drug-likeness (QED) is 0.155. The first-order chi connectivity index (χ1) is 16.0. The first-order valence-electron chi connectivity index (χ1n) is 11.8. The van der Waals surface area contributed by atoms with Crippen molar-refractivity contribution in [3.8, 4) is 11.5 Å². The fraction of sp³-hybridized carbons (Fsp3) is 0.577. The van der Waals surface area contributed by atoms with Crippen molar-refractivity contribution < 1.29 is 28.5 Å². The molecule has 6 nitrogen and oxygen atoms in total. The van der Waals surface area contributed by atoms with Gasteiger partial charge < -0.3 is 23.7 Å². The maximum atomic E-state index is 11.9. The van der Waals surface area contributed by atoms with Gasteiger partial charge in [0.25, 0.3) is 0 Å². The van der Waals surface area contributed by atoms with Gasteiger partial charge >= 0.3 is 5.97 Å². The van der Waals surface area contributed by atoms with Crippen LogP contribution in [0.25, 0.3) is 0 Å². The molecule has 184 valence electrons. The van der Waals surface area contributed by atoms with Crippen LogP contribution in [0.5, 0.6) is 11.5 Å². The Hall–Kier alpha value is -1.83. The zero-order chi connectivity index (χ0) is 23.9. The minimum Gasteiger partial charge on any atom is -0.493 e. The molecule has 1 aliphatic rings. The van der Waals surface area contributed by atoms with E-state index in [2.05, 4.69) is 41.1 Å². The molecule has 0 N–H and O–H groups in total. The van der Waals surface area contributed by atoms with Crippen LogP contribution < -0.4 is 9.47 Å². The van der Waals surface area contributed by atoms with Gasteiger partial charge in [0, 0.05) is 12.0 Å². The molecule has 0 aliphatic heterocycles. The van der Waals surface area contributed by atoms with Gasteiger partial charge in [-0.3, -0.25) is 0 Å². The predicted octanol–water partition coefficient (Wildman–Crippen LogP) is 5.77. The summed E-state index contributed by atoms with van der Waals surface area (Å²) in [5.41, 5.74) is 2.28. The molecule has 0 spiro atoms. The Labute approximate surface area is 206 Å². The Balaban J connectivity index is 1.74. The Morgan fingerprint density at radius 2 is 2.00 bits per heavy atom. The topological polar surface area (TPSA) is 63.2 Å². The molecule has 1 aliphatic carbocycles. The highest BCUT2D eigenvalue weighted by Crippen LogP contribution is 2.31. The number of esters is 1. The molecule has 2 atom stereocenters. The van der Waals surface area contributed by atoms with Crippen LogP contribution in [0.15, 0.2) is 42.0 Å². The van der Waals surface area contributed by atoms with Crippen molar-refractivity contribution in [1.82, 2.24) is 0 Å². The molecule has 0 fully saturated rings. The number of allylic oxidation sites excluding steroid dienone is 3. The fourth-order valence-corrected chi connectivity index (χ4v) is 3.72. The maximum absolute atomic E-state index is 11.9. The average Bonchev–Trinajstić information content (AvgIpc) is 2.81. The summed E-state index contributed by atoms with van der Waals surface area (Å²) in [6.45, 7) is 8.13. The molecular weight excluding hydrogens is 488 g/mol. The molecular formula is C26H37BrO6. The van der Waals surface area contributed by atoms with Crippen LogP contribution in [0.3, 0.4) is 0 Å². The van der Waals surface area contributed by atoms with Crippen molar-refractivity contribution in [2.75, 3.05) is 33.0 Å². The highest BCUT2D eigenvalue weighted by atomic mass is 79.9. The lowest BCUT2D eigenvalue weighted by atomic mass is 10.1. The first-order valence-corrected chi connectivity index (χ1v) is 12.7. The van der Waals surface area contributed by atoms with Gasteiger partial charge in [-0.05, 0) is 50.8 Å². The second kappa shape index (κ2) is 15.9. The normalized spacial score (nSPS) is 15.0. The Morgan fingerprint density at radius 3 is 2.73 bits per heavy atom. The zero-order valence-corrected chi connectivity index (χ0v) is 21.6. The number of ether oxygens (including phenoxy) is 5. The van der Waals surface area contributed by atoms with E-state index in [0.717, 1.165) is 43.4 Å². The van der Waals surface area contributed by atoms with Crippen molar-refractivity contribution >= 4 is 21.9 Å². The summed E-state index contributed by atoms with van der Waals surface area (Å²) >= 11 is 3.51. The van der Waals surface area contributed by atoms with E-state index in [1.807, 2.05) is 18.2 Å². The third kappa shape index (κ3) is 10.3. The molecule has 0 saturated carbocycles. The van der Waals surface area contributed by atoms with E-state index in [1.54, 1.807) is 13.8 Å². The molecule has 7 heteroatoms. The Bertz CT molecular complexity index is 776. The molecule has 0 bridgehead atoms. The maximum Gasteiger partial charge on any atom is 0.347 e. The monoisotopic (exact) mass is 524 g/mol. The van der Waals surface area contributed by atoms with Gasteiger partial charge in [-0.15, -0.1) is 0 Å². The number of hydrogen-bond acceptors (Lipinski definition) is 6. The van der Waals surface area contributed by atoms with Crippen molar-refractivity contribution in [1.29, 1.82) is 0 Å². The molecule has 1 aromatic carbocycles. The highest BCUT2D eigenvalue weighted by Gasteiger charge is 2.19. The molecule has 0 amide bonds. The summed E-state index contributed by atoms with van der Waals surface area (Å²) in [5, 5.41) is -0.144. The number of carbonyl (C=O) groups is 1. The van der Waals surface area contributed by atoms with E-state index in [9.17, 15) is 4.79 Å². The lowest BCUT2D eigenvalue weighted by Gasteiger charge is -2.19. The van der Waals surface area contributed by atoms with E-state index in [1.165, 1.54) is 5.57 Å². The van der Waals surface area contributed by atoms with E-state index in [4.69, 9.17) is 23.7 Å². The van der Waals surface area contributed by atoms with Gasteiger partial charge in [-0.25, -0.2) is 4.79 Å². The molecule has 2 rings (SSSR count). The second-order valence-corrected chi connectivity index (χ2v) is 8.81. The summed E-state index contributed by atoms with van der Waals surface area (Å²) in [7, 11) is 0. The Kier molecular flexibility index (Phi) is 13.2. The van der Waals surface area contributed by atoms with Crippen molar-refractivity contribution in [3.63, 3.8) is 0 Å². The number of hydrogen-bond donors (Lipinski definition) is 0. The van der Waals surface area contributed by atoms with Gasteiger partial charge in [0.15, 0.2) is 6.10 Å². The number of carbonyl (C=O) groups excluding carboxylic acids is 1. The molecule has 1 aromatic rings. The standard InChI is InChI=1S/C26H37BrO6/c1-4-11-22-23(14-9-15-24(22)33-20(3)26(28)30-5-2)31-16-10-17-32-25(27)19-29-18-21-12-7-6-8-13-21/h6-7,9,12,14-15,20,25H,4-5,8,10-11,13,16-19H2,1-3H3. The summed E-state index contributed by atoms with van der Waals surface area (Å²) in [6, 6.07) is 5.68. The van der Waals surface area contributed by atoms with E-state index in [-0.39, 0.29) is 11.0 Å². The van der Waals surface area contributed by atoms with E-state index >= 15 is 0 Å². The summed E-state index contributed by atoms with van der Waals surface area (Å²) in [5.74, 6) is 1.07. The minimum atomic E-state index is -0.673. The van der Waals surface area contributed by atoms with Crippen molar-refractivity contribution in [2.24, 2.45) is 0 Å². The van der Waals surface area contributed by atoms with Crippen LogP contribution in [0.1, 0.15) is 52.0 Å². The molecule has 33 heavy (non-hydrogen) atoms. The second-order valence-electron chi connectivity index (χ2n) is 7.78. The molecule has 0 aromatic heterocycles. The number of halogens is 1. The Morgan fingerprint density at radius 1 is 1.18 bits per heavy atom. The van der Waals surface area contributed by atoms with Crippen LogP contribution in [0.4, 0.5) is 0 Å². The van der Waals surface area contributed by atoms with Gasteiger partial charge in [0.2, 0.25) is 0 Å². The van der Waals surface area contributed by atoms with Gasteiger partial charge in [0.1, 0.15) is 16.5 Å². The minimum absolute atomic E-state index is 0.144. The zero-order valence-electron chi connectivity index (χ0n) is 20.0. The third-order valence-electron chi connectivity index (χ3n) is 4.99. The smallest absolute Gasteiger partial charge is 0.347 e. The van der Waals surface area contributed by atoms with Crippen LogP contribution >= 0.6 is 15.9 Å². The third-order valence-corrected chi connectivity index (χ3v) is 5.52. The van der Waals surface area contributed by atoms with E-state index < -0.39 is 6.10 Å². The SMILES string of the molecule is CCCc1c(OCCCOC(Br)COCC2=CC=CCC2)cccc1OC(C)C(=O)OCC. The van der Waals surface area contributed by atoms with Crippen LogP contribution in [0.2, 0.25) is 0 Å². The largest absolute Gasteiger partial charge is 0.493 e. The van der Waals surface area contributed by atoms with Crippen LogP contribution in [-0.2, 0) is 25.4 Å². The lowest BCUT2D eigenvalue weighted by molar-refractivity contribution is -0.150. The molecule has 2 unspecified atom stereocenters. The molecule has 0 radical (unpaired) electrons. The van der Waals surface area contributed by atoms with Gasteiger partial charge in [-0.1, -0.05) is 53.6 Å². The van der Waals surface area contributed by atoms with Crippen LogP contribution in [-0.4, -0.2) is 50.1 Å². The average molecular weight is 525 g/mol. The summed E-state index contributed by atoms with van der Waals surface area (Å²) < 4.78 is 28.5. The number of rotatable bonds is 16. The lowest BCUT2D eigenvalue weighted by Crippen LogP contribution is -2.26. The fourth-order valence-electron chi connectivity index (χ4n) is 3.34. The summed E-state index contributed by atoms with van der Waals surface area (Å²) in [4.78, 5) is 11.9. The van der Waals surface area contributed by atoms with Crippen molar-refractivity contribution in [3.05, 3.63) is 47.6 Å². The van der Waals surface area contributed by atoms with Gasteiger partial charge in [-0.2, -0.15) is 0 Å². The molecule has 0 heterocycles. The highest BCUT2D eigenvalue weighted by molar-refractivity contribution is 9.09. The first kappa shape index (κ1) is 27.4. The number of benzene rings is 1. The van der Waals surface area contributed by atoms with E-state index in [0.29, 0.717) is 38.8 Å². The number of alkyl halides is 1. The molecule has 0 saturated heterocycles. The predicted molar refractivity (Wildman–Crippen MR) is 133 cm³/mol. The van der Waals surface area contributed by atoms with Gasteiger partial charge in [0.05, 0.1) is 33.0 Å². The summed E-state index contributed by atoms with van der Waals surface area (Å²) in [6.07, 6.45) is 10.3.